The molecular formula is C13H21N3O2. The molecule has 1 fully saturated rings. The lowest BCUT2D eigenvalue weighted by atomic mass is 9.98. The van der Waals surface area contributed by atoms with E-state index < -0.39 is 0 Å². The van der Waals surface area contributed by atoms with Gasteiger partial charge < -0.3 is 10.1 Å². The van der Waals surface area contributed by atoms with E-state index in [1.165, 1.54) is 0 Å². The van der Waals surface area contributed by atoms with Crippen LogP contribution in [0.4, 0.5) is 0 Å². The van der Waals surface area contributed by atoms with Gasteiger partial charge in [0.1, 0.15) is 0 Å². The standard InChI is InChI=1S/C13H21N3O2/c1-9(12-8-14-16(3)10(12)2)15-13(17)11-4-6-18-7-5-11/h8-9,11H,4-7H2,1-3H3,(H,15,17)/t9-/m0/s1. The Morgan fingerprint density at radius 1 is 1.56 bits per heavy atom. The van der Waals surface area contributed by atoms with Gasteiger partial charge in [-0.3, -0.25) is 9.48 Å². The van der Waals surface area contributed by atoms with Crippen LogP contribution in [0, 0.1) is 12.8 Å². The molecule has 1 amide bonds. The predicted octanol–water partition coefficient (Wildman–Crippen LogP) is 1.33. The Kier molecular flexibility index (Phi) is 4.01. The number of carbonyl (C=O) groups is 1. The fourth-order valence-corrected chi connectivity index (χ4v) is 2.31. The van der Waals surface area contributed by atoms with Crippen molar-refractivity contribution in [1.82, 2.24) is 15.1 Å². The van der Waals surface area contributed by atoms with Crippen LogP contribution in [0.5, 0.6) is 0 Å². The zero-order valence-electron chi connectivity index (χ0n) is 11.3. The molecule has 0 spiro atoms. The molecule has 2 rings (SSSR count). The number of nitrogens with one attached hydrogen (secondary N) is 1. The van der Waals surface area contributed by atoms with Crippen LogP contribution in [0.2, 0.25) is 0 Å². The zero-order chi connectivity index (χ0) is 13.1. The van der Waals surface area contributed by atoms with Crippen molar-refractivity contribution in [3.05, 3.63) is 17.5 Å². The molecule has 0 radical (unpaired) electrons. The topological polar surface area (TPSA) is 56.1 Å². The number of nitrogens with zero attached hydrogens (tertiary/aromatic N) is 2. The highest BCUT2D eigenvalue weighted by molar-refractivity contribution is 5.79. The molecule has 1 atom stereocenters. The van der Waals surface area contributed by atoms with E-state index >= 15 is 0 Å². The summed E-state index contributed by atoms with van der Waals surface area (Å²) in [5.74, 6) is 0.229. The largest absolute Gasteiger partial charge is 0.381 e. The number of aryl methyl sites for hydroxylation is 1. The second-order valence-corrected chi connectivity index (χ2v) is 4.93. The molecule has 0 aliphatic carbocycles. The van der Waals surface area contributed by atoms with Crippen molar-refractivity contribution in [3.8, 4) is 0 Å². The third-order valence-corrected chi connectivity index (χ3v) is 3.69. The van der Waals surface area contributed by atoms with E-state index in [-0.39, 0.29) is 17.9 Å². The van der Waals surface area contributed by atoms with Gasteiger partial charge >= 0.3 is 0 Å². The van der Waals surface area contributed by atoms with Gasteiger partial charge in [-0.1, -0.05) is 0 Å². The van der Waals surface area contributed by atoms with Gasteiger partial charge in [0.05, 0.1) is 12.2 Å². The predicted molar refractivity (Wildman–Crippen MR) is 68.0 cm³/mol. The molecule has 5 heteroatoms. The summed E-state index contributed by atoms with van der Waals surface area (Å²) in [5.41, 5.74) is 2.17. The number of rotatable bonds is 3. The van der Waals surface area contributed by atoms with Crippen LogP contribution in [0.1, 0.15) is 37.1 Å². The van der Waals surface area contributed by atoms with Crippen molar-refractivity contribution in [2.75, 3.05) is 13.2 Å². The third-order valence-electron chi connectivity index (χ3n) is 3.69. The number of aromatic nitrogens is 2. The highest BCUT2D eigenvalue weighted by Crippen LogP contribution is 2.19. The molecule has 0 aromatic carbocycles. The van der Waals surface area contributed by atoms with Gasteiger partial charge in [0.15, 0.2) is 0 Å². The van der Waals surface area contributed by atoms with Crippen molar-refractivity contribution in [1.29, 1.82) is 0 Å². The van der Waals surface area contributed by atoms with E-state index in [0.29, 0.717) is 13.2 Å². The van der Waals surface area contributed by atoms with Crippen molar-refractivity contribution in [2.24, 2.45) is 13.0 Å². The maximum Gasteiger partial charge on any atom is 0.223 e. The van der Waals surface area contributed by atoms with Crippen molar-refractivity contribution in [3.63, 3.8) is 0 Å². The molecule has 1 aromatic heterocycles. The van der Waals surface area contributed by atoms with E-state index in [1.807, 2.05) is 31.8 Å². The van der Waals surface area contributed by atoms with E-state index in [9.17, 15) is 4.79 Å². The van der Waals surface area contributed by atoms with Gasteiger partial charge in [-0.2, -0.15) is 5.10 Å². The summed E-state index contributed by atoms with van der Waals surface area (Å²) < 4.78 is 7.09. The van der Waals surface area contributed by atoms with Crippen LogP contribution in [0.25, 0.3) is 0 Å². The smallest absolute Gasteiger partial charge is 0.223 e. The minimum Gasteiger partial charge on any atom is -0.381 e. The molecule has 0 unspecified atom stereocenters. The molecule has 100 valence electrons. The first-order valence-corrected chi connectivity index (χ1v) is 6.46. The van der Waals surface area contributed by atoms with Crippen LogP contribution in [0.15, 0.2) is 6.20 Å². The average Bonchev–Trinajstić information content (AvgIpc) is 2.71. The molecule has 0 saturated carbocycles. The summed E-state index contributed by atoms with van der Waals surface area (Å²) in [6.45, 7) is 5.40. The summed E-state index contributed by atoms with van der Waals surface area (Å²) in [6.07, 6.45) is 3.47. The van der Waals surface area contributed by atoms with Crippen molar-refractivity contribution >= 4 is 5.91 Å². The first-order chi connectivity index (χ1) is 8.59. The van der Waals surface area contributed by atoms with E-state index in [4.69, 9.17) is 4.74 Å². The Bertz CT molecular complexity index is 422. The van der Waals surface area contributed by atoms with E-state index in [0.717, 1.165) is 24.1 Å². The van der Waals surface area contributed by atoms with Crippen molar-refractivity contribution < 1.29 is 9.53 Å². The normalized spacial score (nSPS) is 18.6. The lowest BCUT2D eigenvalue weighted by Crippen LogP contribution is -2.35. The van der Waals surface area contributed by atoms with E-state index in [1.54, 1.807) is 0 Å². The number of hydrogen-bond donors (Lipinski definition) is 1. The minimum atomic E-state index is 0.00837. The van der Waals surface area contributed by atoms with Gasteiger partial charge in [0, 0.05) is 37.4 Å². The second-order valence-electron chi connectivity index (χ2n) is 4.93. The van der Waals surface area contributed by atoms with Crippen LogP contribution in [-0.4, -0.2) is 28.9 Å². The number of hydrogen-bond acceptors (Lipinski definition) is 3. The first kappa shape index (κ1) is 13.1. The summed E-state index contributed by atoms with van der Waals surface area (Å²) in [6, 6.07) is 0.00837. The molecule has 1 aliphatic heterocycles. The van der Waals surface area contributed by atoms with Gasteiger partial charge in [0.25, 0.3) is 0 Å². The lowest BCUT2D eigenvalue weighted by Gasteiger charge is -2.23. The molecular weight excluding hydrogens is 230 g/mol. The van der Waals surface area contributed by atoms with Gasteiger partial charge in [0.2, 0.25) is 5.91 Å². The summed E-state index contributed by atoms with van der Waals surface area (Å²) in [7, 11) is 1.91. The quantitative estimate of drug-likeness (QED) is 0.881. The van der Waals surface area contributed by atoms with Gasteiger partial charge in [-0.05, 0) is 26.7 Å². The summed E-state index contributed by atoms with van der Waals surface area (Å²) >= 11 is 0. The molecule has 1 aliphatic rings. The van der Waals surface area contributed by atoms with E-state index in [2.05, 4.69) is 10.4 Å². The fourth-order valence-electron chi connectivity index (χ4n) is 2.31. The SMILES string of the molecule is Cc1c([C@H](C)NC(=O)C2CCOCC2)cnn1C. The Labute approximate surface area is 108 Å². The average molecular weight is 251 g/mol. The lowest BCUT2D eigenvalue weighted by molar-refractivity contribution is -0.128. The molecule has 1 N–H and O–H groups in total. The highest BCUT2D eigenvalue weighted by Gasteiger charge is 2.23. The Hall–Kier alpha value is -1.36. The maximum atomic E-state index is 12.1. The Balaban J connectivity index is 1.96. The highest BCUT2D eigenvalue weighted by atomic mass is 16.5. The monoisotopic (exact) mass is 251 g/mol. The second kappa shape index (κ2) is 5.52. The number of carbonyl (C=O) groups excluding carboxylic acids is 1. The molecule has 0 bridgehead atoms. The van der Waals surface area contributed by atoms with Crippen molar-refractivity contribution in [2.45, 2.75) is 32.7 Å². The van der Waals surface area contributed by atoms with Crippen LogP contribution in [-0.2, 0) is 16.6 Å². The number of amides is 1. The maximum absolute atomic E-state index is 12.1. The Morgan fingerprint density at radius 2 is 2.22 bits per heavy atom. The molecule has 5 nitrogen and oxygen atoms in total. The molecule has 2 heterocycles. The fraction of sp³-hybridized carbons (Fsp3) is 0.692. The van der Waals surface area contributed by atoms with Gasteiger partial charge in [-0.15, -0.1) is 0 Å². The zero-order valence-corrected chi connectivity index (χ0v) is 11.3. The first-order valence-electron chi connectivity index (χ1n) is 6.46. The van der Waals surface area contributed by atoms with Crippen LogP contribution in [0.3, 0.4) is 0 Å². The molecule has 1 aromatic rings. The van der Waals surface area contributed by atoms with Crippen LogP contribution >= 0.6 is 0 Å². The minimum absolute atomic E-state index is 0.00837. The third kappa shape index (κ3) is 2.72. The summed E-state index contributed by atoms with van der Waals surface area (Å²) in [5, 5.41) is 7.27. The Morgan fingerprint density at radius 3 is 2.78 bits per heavy atom. The molecule has 18 heavy (non-hydrogen) atoms. The summed E-state index contributed by atoms with van der Waals surface area (Å²) in [4.78, 5) is 12.1. The van der Waals surface area contributed by atoms with Crippen LogP contribution < -0.4 is 5.32 Å². The molecule has 1 saturated heterocycles. The van der Waals surface area contributed by atoms with Gasteiger partial charge in [-0.25, -0.2) is 0 Å². The number of ether oxygens (including phenoxy) is 1.